The van der Waals surface area contributed by atoms with Crippen LogP contribution in [-0.4, -0.2) is 53.3 Å². The fraction of sp³-hybridized carbons (Fsp3) is 0.129. The standard InChI is InChI=1S/C31H27F2N7O2/c1-38(2)12-13-39(19-5-3-4-18(34)14-19)20-6-8-22(26(32)16-20)23-9-10-24-27(17-41)36-40(30(24)29(23)33)21-7-11-28-25(15-21)31(35)37-42-28/h3-11,14-17H,12-13,34H2,1-2H3,(H2,35,37). The van der Waals surface area contributed by atoms with Crippen LogP contribution in [-0.2, 0) is 0 Å². The highest BCUT2D eigenvalue weighted by atomic mass is 19.1. The number of rotatable bonds is 8. The van der Waals surface area contributed by atoms with Crippen molar-refractivity contribution in [1.82, 2.24) is 19.8 Å². The zero-order chi connectivity index (χ0) is 29.5. The van der Waals surface area contributed by atoms with Crippen LogP contribution in [0.1, 0.15) is 10.5 Å². The molecule has 0 aliphatic heterocycles. The SMILES string of the molecule is CN(C)CCN(c1cccc(N)c1)c1ccc(-c2ccc3c(C=O)nn(-c4ccc5onc(N)c5c4)c3c2F)c(F)c1. The molecule has 9 nitrogen and oxygen atoms in total. The minimum absolute atomic E-state index is 0.0273. The highest BCUT2D eigenvalue weighted by molar-refractivity contribution is 5.99. The summed E-state index contributed by atoms with van der Waals surface area (Å²) in [6, 6.07) is 20.0. The number of likely N-dealkylation sites (N-methyl/N-ethyl adjacent to an activating group) is 1. The average molecular weight is 568 g/mol. The van der Waals surface area contributed by atoms with E-state index in [0.717, 1.165) is 5.69 Å². The molecule has 11 heteroatoms. The number of halogens is 2. The van der Waals surface area contributed by atoms with Crippen LogP contribution in [0.25, 0.3) is 38.7 Å². The van der Waals surface area contributed by atoms with Crippen molar-refractivity contribution in [3.63, 3.8) is 0 Å². The number of anilines is 4. The third kappa shape index (κ3) is 4.69. The van der Waals surface area contributed by atoms with Gasteiger partial charge < -0.3 is 25.8 Å². The predicted molar refractivity (Wildman–Crippen MR) is 160 cm³/mol. The normalized spacial score (nSPS) is 11.5. The van der Waals surface area contributed by atoms with Crippen LogP contribution < -0.4 is 16.4 Å². The Labute approximate surface area is 239 Å². The molecular formula is C31H27F2N7O2. The van der Waals surface area contributed by atoms with E-state index in [2.05, 4.69) is 10.3 Å². The summed E-state index contributed by atoms with van der Waals surface area (Å²) in [5, 5.41) is 8.88. The zero-order valence-corrected chi connectivity index (χ0v) is 22.9. The van der Waals surface area contributed by atoms with Crippen LogP contribution in [0.3, 0.4) is 0 Å². The number of hydrogen-bond donors (Lipinski definition) is 2. The maximum atomic E-state index is 16.3. The van der Waals surface area contributed by atoms with Crippen molar-refractivity contribution >= 4 is 51.0 Å². The van der Waals surface area contributed by atoms with Crippen molar-refractivity contribution < 1.29 is 18.1 Å². The predicted octanol–water partition coefficient (Wildman–Crippen LogP) is 5.79. The van der Waals surface area contributed by atoms with Crippen LogP contribution in [0.2, 0.25) is 0 Å². The Balaban J connectivity index is 1.46. The van der Waals surface area contributed by atoms with Gasteiger partial charge in [-0.15, -0.1) is 0 Å². The third-order valence-corrected chi connectivity index (χ3v) is 7.16. The molecule has 0 aliphatic carbocycles. The molecule has 0 unspecified atom stereocenters. The molecule has 212 valence electrons. The molecule has 0 saturated heterocycles. The fourth-order valence-corrected chi connectivity index (χ4v) is 5.04. The molecule has 0 atom stereocenters. The van der Waals surface area contributed by atoms with Crippen molar-refractivity contribution in [3.05, 3.63) is 90.1 Å². The number of carbonyl (C=O) groups is 1. The van der Waals surface area contributed by atoms with E-state index in [1.807, 2.05) is 42.1 Å². The lowest BCUT2D eigenvalue weighted by Crippen LogP contribution is -2.28. The van der Waals surface area contributed by atoms with Crippen LogP contribution in [0.15, 0.2) is 77.3 Å². The topological polar surface area (TPSA) is 119 Å². The monoisotopic (exact) mass is 567 g/mol. The van der Waals surface area contributed by atoms with Gasteiger partial charge in [0, 0.05) is 46.7 Å². The summed E-state index contributed by atoms with van der Waals surface area (Å²) >= 11 is 0. The second kappa shape index (κ2) is 10.6. The van der Waals surface area contributed by atoms with Crippen molar-refractivity contribution in [1.29, 1.82) is 0 Å². The van der Waals surface area contributed by atoms with Gasteiger partial charge in [-0.2, -0.15) is 5.10 Å². The van der Waals surface area contributed by atoms with Gasteiger partial charge in [-0.05, 0) is 74.8 Å². The molecule has 0 amide bonds. The number of aldehydes is 1. The summed E-state index contributed by atoms with van der Waals surface area (Å²) in [5.41, 5.74) is 15.0. The minimum Gasteiger partial charge on any atom is -0.399 e. The Morgan fingerprint density at radius 2 is 1.69 bits per heavy atom. The summed E-state index contributed by atoms with van der Waals surface area (Å²) in [7, 11) is 3.92. The quantitative estimate of drug-likeness (QED) is 0.175. The second-order valence-electron chi connectivity index (χ2n) is 10.2. The number of carbonyl (C=O) groups excluding carboxylic acids is 1. The van der Waals surface area contributed by atoms with Gasteiger partial charge in [0.2, 0.25) is 0 Å². The lowest BCUT2D eigenvalue weighted by Gasteiger charge is -2.27. The molecule has 4 N–H and O–H groups in total. The molecule has 2 heterocycles. The fourth-order valence-electron chi connectivity index (χ4n) is 5.04. The van der Waals surface area contributed by atoms with E-state index in [9.17, 15) is 4.79 Å². The Morgan fingerprint density at radius 1 is 0.905 bits per heavy atom. The van der Waals surface area contributed by atoms with Crippen molar-refractivity contribution in [2.45, 2.75) is 0 Å². The number of nitrogen functional groups attached to an aromatic ring is 2. The molecule has 0 aliphatic rings. The van der Waals surface area contributed by atoms with Gasteiger partial charge in [-0.1, -0.05) is 17.3 Å². The molecule has 2 aromatic heterocycles. The lowest BCUT2D eigenvalue weighted by molar-refractivity contribution is 0.112. The number of fused-ring (bicyclic) bond motifs is 2. The number of hydrogen-bond acceptors (Lipinski definition) is 8. The molecule has 0 bridgehead atoms. The first-order valence-electron chi connectivity index (χ1n) is 13.1. The van der Waals surface area contributed by atoms with E-state index >= 15 is 8.78 Å². The molecule has 0 radical (unpaired) electrons. The third-order valence-electron chi connectivity index (χ3n) is 7.16. The number of nitrogens with two attached hydrogens (primary N) is 2. The summed E-state index contributed by atoms with van der Waals surface area (Å²) < 4.78 is 38.6. The second-order valence-corrected chi connectivity index (χ2v) is 10.2. The maximum Gasteiger partial charge on any atom is 0.174 e. The van der Waals surface area contributed by atoms with E-state index in [1.165, 1.54) is 16.8 Å². The van der Waals surface area contributed by atoms with E-state index in [4.69, 9.17) is 16.0 Å². The van der Waals surface area contributed by atoms with Gasteiger partial charge in [0.15, 0.2) is 23.5 Å². The summed E-state index contributed by atoms with van der Waals surface area (Å²) in [6.45, 7) is 1.28. The van der Waals surface area contributed by atoms with Crippen LogP contribution in [0, 0.1) is 11.6 Å². The highest BCUT2D eigenvalue weighted by Crippen LogP contribution is 2.36. The number of aromatic nitrogens is 3. The lowest BCUT2D eigenvalue weighted by atomic mass is 10.0. The molecule has 0 saturated carbocycles. The number of nitrogens with zero attached hydrogens (tertiary/aromatic N) is 5. The average Bonchev–Trinajstić information content (AvgIpc) is 3.54. The van der Waals surface area contributed by atoms with Crippen LogP contribution in [0.5, 0.6) is 0 Å². The van der Waals surface area contributed by atoms with Crippen molar-refractivity contribution in [2.75, 3.05) is 43.6 Å². The first kappa shape index (κ1) is 26.9. The highest BCUT2D eigenvalue weighted by Gasteiger charge is 2.22. The molecule has 6 rings (SSSR count). The summed E-state index contributed by atoms with van der Waals surface area (Å²) in [4.78, 5) is 15.8. The number of benzene rings is 4. The largest absolute Gasteiger partial charge is 0.399 e. The minimum atomic E-state index is -0.724. The van der Waals surface area contributed by atoms with E-state index < -0.39 is 11.6 Å². The van der Waals surface area contributed by atoms with Crippen molar-refractivity contribution in [3.8, 4) is 16.8 Å². The Hall–Kier alpha value is -5.29. The molecule has 6 aromatic rings. The van der Waals surface area contributed by atoms with Gasteiger partial charge in [-0.3, -0.25) is 4.79 Å². The Kier molecular flexibility index (Phi) is 6.79. The molecule has 0 fully saturated rings. The van der Waals surface area contributed by atoms with Gasteiger partial charge in [0.1, 0.15) is 17.0 Å². The summed E-state index contributed by atoms with van der Waals surface area (Å²) in [5.74, 6) is -1.16. The summed E-state index contributed by atoms with van der Waals surface area (Å²) in [6.07, 6.45) is 0.554. The van der Waals surface area contributed by atoms with Gasteiger partial charge in [0.25, 0.3) is 0 Å². The molecule has 42 heavy (non-hydrogen) atoms. The smallest absolute Gasteiger partial charge is 0.174 e. The molecule has 0 spiro atoms. The maximum absolute atomic E-state index is 16.3. The van der Waals surface area contributed by atoms with E-state index in [-0.39, 0.29) is 33.5 Å². The molecular weight excluding hydrogens is 540 g/mol. The Bertz CT molecular complexity index is 1960. The van der Waals surface area contributed by atoms with Crippen molar-refractivity contribution in [2.24, 2.45) is 0 Å². The van der Waals surface area contributed by atoms with E-state index in [1.54, 1.807) is 42.5 Å². The Morgan fingerprint density at radius 3 is 2.43 bits per heavy atom. The van der Waals surface area contributed by atoms with Gasteiger partial charge in [0.05, 0.1) is 11.1 Å². The van der Waals surface area contributed by atoms with Gasteiger partial charge in [-0.25, -0.2) is 13.5 Å². The molecule has 4 aromatic carbocycles. The van der Waals surface area contributed by atoms with Gasteiger partial charge >= 0.3 is 0 Å². The zero-order valence-electron chi connectivity index (χ0n) is 22.9. The van der Waals surface area contributed by atoms with Crippen LogP contribution >= 0.6 is 0 Å². The van der Waals surface area contributed by atoms with Crippen LogP contribution in [0.4, 0.5) is 31.7 Å². The first-order chi connectivity index (χ1) is 20.2. The first-order valence-corrected chi connectivity index (χ1v) is 13.1. The van der Waals surface area contributed by atoms with E-state index in [0.29, 0.717) is 47.4 Å².